The zero-order valence-electron chi connectivity index (χ0n) is 14.0. The minimum atomic E-state index is -0.256. The predicted molar refractivity (Wildman–Crippen MR) is 99.9 cm³/mol. The first-order chi connectivity index (χ1) is 12.0. The standard InChI is InChI=1S/C19H18N2O3S/c1-12-3-5-13(6-4-12)11-24-15-8-7-14(9-16(15)23-2)10-17-18(22)21-19(20)25-17/h3-10H,11H2,1-2H3,(H2,20,21,22)/b17-10+. The van der Waals surface area contributed by atoms with Gasteiger partial charge in [-0.05, 0) is 48.0 Å². The Balaban J connectivity index is 1.75. The van der Waals surface area contributed by atoms with Crippen LogP contribution in [0.3, 0.4) is 0 Å². The van der Waals surface area contributed by atoms with Gasteiger partial charge in [0.1, 0.15) is 6.61 Å². The van der Waals surface area contributed by atoms with E-state index in [2.05, 4.69) is 5.32 Å². The summed E-state index contributed by atoms with van der Waals surface area (Å²) in [4.78, 5) is 12.2. The van der Waals surface area contributed by atoms with Gasteiger partial charge in [-0.25, -0.2) is 0 Å². The highest BCUT2D eigenvalue weighted by Crippen LogP contribution is 2.31. The van der Waals surface area contributed by atoms with Crippen LogP contribution in [0.4, 0.5) is 0 Å². The van der Waals surface area contributed by atoms with Gasteiger partial charge >= 0.3 is 0 Å². The van der Waals surface area contributed by atoms with Crippen molar-refractivity contribution in [3.8, 4) is 11.5 Å². The Morgan fingerprint density at radius 3 is 2.56 bits per heavy atom. The topological polar surface area (TPSA) is 71.4 Å². The maximum atomic E-state index is 11.7. The van der Waals surface area contributed by atoms with Crippen LogP contribution < -0.4 is 14.8 Å². The Morgan fingerprint density at radius 2 is 1.92 bits per heavy atom. The van der Waals surface area contributed by atoms with Crippen molar-refractivity contribution >= 4 is 28.9 Å². The number of hydrogen-bond acceptors (Lipinski definition) is 5. The van der Waals surface area contributed by atoms with Crippen molar-refractivity contribution in [2.75, 3.05) is 7.11 Å². The summed E-state index contributed by atoms with van der Waals surface area (Å²) in [7, 11) is 1.58. The van der Waals surface area contributed by atoms with E-state index in [1.807, 2.05) is 49.4 Å². The van der Waals surface area contributed by atoms with Crippen LogP contribution in [0.2, 0.25) is 0 Å². The minimum absolute atomic E-state index is 0.140. The van der Waals surface area contributed by atoms with E-state index in [4.69, 9.17) is 14.9 Å². The quantitative estimate of drug-likeness (QED) is 0.803. The molecule has 1 aliphatic rings. The highest BCUT2D eigenvalue weighted by atomic mass is 32.2. The molecular formula is C19H18N2O3S. The van der Waals surface area contributed by atoms with Gasteiger partial charge in [0.25, 0.3) is 5.91 Å². The van der Waals surface area contributed by atoms with Crippen LogP contribution in [-0.2, 0) is 11.4 Å². The van der Waals surface area contributed by atoms with E-state index < -0.39 is 0 Å². The van der Waals surface area contributed by atoms with Crippen LogP contribution in [0.1, 0.15) is 16.7 Å². The molecule has 0 saturated carbocycles. The second kappa shape index (κ2) is 7.44. The third-order valence-corrected chi connectivity index (χ3v) is 4.49. The van der Waals surface area contributed by atoms with Gasteiger partial charge in [-0.15, -0.1) is 0 Å². The van der Waals surface area contributed by atoms with E-state index in [1.54, 1.807) is 13.2 Å². The van der Waals surface area contributed by atoms with E-state index in [1.165, 1.54) is 5.56 Å². The van der Waals surface area contributed by atoms with Crippen LogP contribution in [0.5, 0.6) is 11.5 Å². The summed E-state index contributed by atoms with van der Waals surface area (Å²) in [5, 5.41) is 10.1. The Labute approximate surface area is 150 Å². The lowest BCUT2D eigenvalue weighted by molar-refractivity contribution is -0.115. The molecule has 25 heavy (non-hydrogen) atoms. The van der Waals surface area contributed by atoms with Crippen molar-refractivity contribution in [2.45, 2.75) is 13.5 Å². The molecule has 2 aromatic rings. The highest BCUT2D eigenvalue weighted by Gasteiger charge is 2.22. The number of benzene rings is 2. The third-order valence-electron chi connectivity index (χ3n) is 3.66. The first kappa shape index (κ1) is 17.1. The Morgan fingerprint density at radius 1 is 1.16 bits per heavy atom. The Kier molecular flexibility index (Phi) is 5.09. The van der Waals surface area contributed by atoms with Gasteiger partial charge in [0.2, 0.25) is 0 Å². The number of carbonyl (C=O) groups is 1. The monoisotopic (exact) mass is 354 g/mol. The first-order valence-electron chi connectivity index (χ1n) is 7.71. The van der Waals surface area contributed by atoms with Gasteiger partial charge in [-0.2, -0.15) is 0 Å². The lowest BCUT2D eigenvalue weighted by Crippen LogP contribution is -2.18. The molecule has 5 nitrogen and oxygen atoms in total. The second-order valence-corrected chi connectivity index (χ2v) is 6.63. The summed E-state index contributed by atoms with van der Waals surface area (Å²) < 4.78 is 11.3. The smallest absolute Gasteiger partial charge is 0.264 e. The number of hydrogen-bond donors (Lipinski definition) is 2. The number of amides is 1. The summed E-state index contributed by atoms with van der Waals surface area (Å²) in [6.45, 7) is 2.50. The number of amidine groups is 1. The largest absolute Gasteiger partial charge is 0.493 e. The first-order valence-corrected chi connectivity index (χ1v) is 8.52. The fourth-order valence-electron chi connectivity index (χ4n) is 2.33. The zero-order chi connectivity index (χ0) is 17.8. The molecule has 0 aromatic heterocycles. The van der Waals surface area contributed by atoms with Crippen LogP contribution in [0, 0.1) is 12.3 Å². The van der Waals surface area contributed by atoms with Crippen molar-refractivity contribution < 1.29 is 14.3 Å². The van der Waals surface area contributed by atoms with Crippen LogP contribution in [0.15, 0.2) is 47.4 Å². The fraction of sp³-hybridized carbons (Fsp3) is 0.158. The molecular weight excluding hydrogens is 336 g/mol. The SMILES string of the molecule is COc1cc(/C=C2/SC(=N)NC2=O)ccc1OCc1ccc(C)cc1. The van der Waals surface area contributed by atoms with E-state index >= 15 is 0 Å². The molecule has 0 spiro atoms. The normalized spacial score (nSPS) is 15.4. The Bertz CT molecular complexity index is 844. The van der Waals surface area contributed by atoms with E-state index in [0.29, 0.717) is 23.0 Å². The fourth-order valence-corrected chi connectivity index (χ4v) is 3.03. The van der Waals surface area contributed by atoms with Crippen molar-refractivity contribution in [3.63, 3.8) is 0 Å². The molecule has 0 radical (unpaired) electrons. The van der Waals surface area contributed by atoms with Gasteiger partial charge < -0.3 is 14.8 Å². The number of nitrogens with one attached hydrogen (secondary N) is 2. The molecule has 6 heteroatoms. The van der Waals surface area contributed by atoms with Crippen LogP contribution in [-0.4, -0.2) is 18.2 Å². The third kappa shape index (κ3) is 4.22. The second-order valence-electron chi connectivity index (χ2n) is 5.58. The lowest BCUT2D eigenvalue weighted by Gasteiger charge is -2.11. The lowest BCUT2D eigenvalue weighted by atomic mass is 10.1. The molecule has 1 saturated heterocycles. The molecule has 1 aliphatic heterocycles. The molecule has 1 fully saturated rings. The van der Waals surface area contributed by atoms with Crippen molar-refractivity contribution in [1.29, 1.82) is 5.41 Å². The van der Waals surface area contributed by atoms with Crippen molar-refractivity contribution in [2.24, 2.45) is 0 Å². The average Bonchev–Trinajstić information content (AvgIpc) is 2.92. The molecule has 1 heterocycles. The van der Waals surface area contributed by atoms with Gasteiger partial charge in [0.05, 0.1) is 12.0 Å². The molecule has 1 amide bonds. The van der Waals surface area contributed by atoms with Crippen molar-refractivity contribution in [1.82, 2.24) is 5.32 Å². The van der Waals surface area contributed by atoms with Crippen LogP contribution >= 0.6 is 11.8 Å². The van der Waals surface area contributed by atoms with E-state index in [0.717, 1.165) is 22.9 Å². The maximum absolute atomic E-state index is 11.7. The summed E-state index contributed by atoms with van der Waals surface area (Å²) in [6, 6.07) is 13.7. The average molecular weight is 354 g/mol. The van der Waals surface area contributed by atoms with E-state index in [9.17, 15) is 4.79 Å². The predicted octanol–water partition coefficient (Wildman–Crippen LogP) is 3.72. The highest BCUT2D eigenvalue weighted by molar-refractivity contribution is 8.18. The van der Waals surface area contributed by atoms with Gasteiger partial charge in [0, 0.05) is 0 Å². The number of rotatable bonds is 5. The zero-order valence-corrected chi connectivity index (χ0v) is 14.8. The van der Waals surface area contributed by atoms with Crippen LogP contribution in [0.25, 0.3) is 6.08 Å². The summed E-state index contributed by atoms with van der Waals surface area (Å²) in [5.41, 5.74) is 3.10. The summed E-state index contributed by atoms with van der Waals surface area (Å²) in [5.74, 6) is 0.982. The minimum Gasteiger partial charge on any atom is -0.493 e. The van der Waals surface area contributed by atoms with Gasteiger partial charge in [0.15, 0.2) is 16.7 Å². The number of carbonyl (C=O) groups excluding carboxylic acids is 1. The number of thioether (sulfide) groups is 1. The molecule has 0 unspecified atom stereocenters. The number of methoxy groups -OCH3 is 1. The number of ether oxygens (including phenoxy) is 2. The maximum Gasteiger partial charge on any atom is 0.264 e. The molecule has 2 aromatic carbocycles. The summed E-state index contributed by atoms with van der Waals surface area (Å²) >= 11 is 1.11. The molecule has 0 aliphatic carbocycles. The molecule has 2 N–H and O–H groups in total. The van der Waals surface area contributed by atoms with Crippen molar-refractivity contribution in [3.05, 3.63) is 64.1 Å². The van der Waals surface area contributed by atoms with E-state index in [-0.39, 0.29) is 11.1 Å². The van der Waals surface area contributed by atoms with Gasteiger partial charge in [-0.1, -0.05) is 35.9 Å². The molecule has 0 bridgehead atoms. The Hall–Kier alpha value is -2.73. The van der Waals surface area contributed by atoms with Gasteiger partial charge in [-0.3, -0.25) is 10.2 Å². The summed E-state index contributed by atoms with van der Waals surface area (Å²) in [6.07, 6.45) is 1.73. The molecule has 128 valence electrons. The molecule has 3 rings (SSSR count). The molecule has 0 atom stereocenters. The number of aryl methyl sites for hydroxylation is 1.